The summed E-state index contributed by atoms with van der Waals surface area (Å²) in [5.41, 5.74) is 0. The van der Waals surface area contributed by atoms with Gasteiger partial charge in [0, 0.05) is 12.1 Å². The van der Waals surface area contributed by atoms with E-state index in [2.05, 4.69) is 10.6 Å². The lowest BCUT2D eigenvalue weighted by Gasteiger charge is -2.30. The van der Waals surface area contributed by atoms with Crippen molar-refractivity contribution in [1.82, 2.24) is 10.6 Å². The van der Waals surface area contributed by atoms with E-state index in [1.54, 1.807) is 0 Å². The lowest BCUT2D eigenvalue weighted by Crippen LogP contribution is -2.51. The SMILES string of the molecule is CC(N[C@H]1CCCC[C@@H]1O)C(=O)NC1CC1. The van der Waals surface area contributed by atoms with Crippen molar-refractivity contribution in [3.8, 4) is 0 Å². The maximum absolute atomic E-state index is 11.7. The Hall–Kier alpha value is -0.610. The second-order valence-electron chi connectivity index (χ2n) is 5.13. The zero-order chi connectivity index (χ0) is 11.5. The van der Waals surface area contributed by atoms with E-state index in [1.165, 1.54) is 0 Å². The Kier molecular flexibility index (Phi) is 3.82. The highest BCUT2D eigenvalue weighted by atomic mass is 16.3. The third-order valence-electron chi connectivity index (χ3n) is 3.51. The van der Waals surface area contributed by atoms with Gasteiger partial charge in [0.1, 0.15) is 0 Å². The summed E-state index contributed by atoms with van der Waals surface area (Å²) < 4.78 is 0. The van der Waals surface area contributed by atoms with Crippen molar-refractivity contribution in [3.63, 3.8) is 0 Å². The standard InChI is InChI=1S/C12H22N2O2/c1-8(12(16)14-9-6-7-9)13-10-4-2-3-5-11(10)15/h8-11,13,15H,2-7H2,1H3,(H,14,16)/t8?,10-,11-/m0/s1. The van der Waals surface area contributed by atoms with Gasteiger partial charge in [-0.1, -0.05) is 12.8 Å². The molecule has 3 atom stereocenters. The van der Waals surface area contributed by atoms with E-state index in [4.69, 9.17) is 0 Å². The van der Waals surface area contributed by atoms with Gasteiger partial charge in [-0.2, -0.15) is 0 Å². The molecule has 2 saturated carbocycles. The molecule has 2 aliphatic rings. The lowest BCUT2D eigenvalue weighted by atomic mass is 9.92. The summed E-state index contributed by atoms with van der Waals surface area (Å²) in [6.45, 7) is 1.87. The molecule has 1 amide bonds. The van der Waals surface area contributed by atoms with Gasteiger partial charge in [-0.25, -0.2) is 0 Å². The van der Waals surface area contributed by atoms with Gasteiger partial charge >= 0.3 is 0 Å². The zero-order valence-corrected chi connectivity index (χ0v) is 9.91. The molecule has 4 heteroatoms. The molecule has 0 saturated heterocycles. The fourth-order valence-corrected chi connectivity index (χ4v) is 2.26. The summed E-state index contributed by atoms with van der Waals surface area (Å²) in [6.07, 6.45) is 6.02. The minimum atomic E-state index is -0.287. The molecule has 2 fully saturated rings. The molecule has 3 N–H and O–H groups in total. The van der Waals surface area contributed by atoms with Crippen LogP contribution in [0.2, 0.25) is 0 Å². The second kappa shape index (κ2) is 5.15. The molecule has 92 valence electrons. The number of aliphatic hydroxyl groups is 1. The highest BCUT2D eigenvalue weighted by Crippen LogP contribution is 2.20. The monoisotopic (exact) mass is 226 g/mol. The van der Waals surface area contributed by atoms with Crippen LogP contribution in [0.15, 0.2) is 0 Å². The summed E-state index contributed by atoms with van der Waals surface area (Å²) in [5.74, 6) is 0.0697. The number of carbonyl (C=O) groups is 1. The number of amides is 1. The van der Waals surface area contributed by atoms with Crippen LogP contribution in [-0.4, -0.2) is 35.2 Å². The molecular weight excluding hydrogens is 204 g/mol. The molecular formula is C12H22N2O2. The molecule has 0 aliphatic heterocycles. The summed E-state index contributed by atoms with van der Waals surface area (Å²) >= 11 is 0. The van der Waals surface area contributed by atoms with Crippen LogP contribution in [0.5, 0.6) is 0 Å². The summed E-state index contributed by atoms with van der Waals surface area (Å²) in [4.78, 5) is 11.7. The smallest absolute Gasteiger partial charge is 0.237 e. The van der Waals surface area contributed by atoms with Crippen molar-refractivity contribution >= 4 is 5.91 Å². The maximum atomic E-state index is 11.7. The summed E-state index contributed by atoms with van der Waals surface area (Å²) in [7, 11) is 0. The van der Waals surface area contributed by atoms with E-state index in [0.29, 0.717) is 6.04 Å². The molecule has 0 aromatic carbocycles. The zero-order valence-electron chi connectivity index (χ0n) is 9.91. The molecule has 1 unspecified atom stereocenters. The average Bonchev–Trinajstić information content (AvgIpc) is 3.05. The predicted octanol–water partition coefficient (Wildman–Crippen LogP) is 0.547. The van der Waals surface area contributed by atoms with E-state index >= 15 is 0 Å². The largest absolute Gasteiger partial charge is 0.392 e. The fourth-order valence-electron chi connectivity index (χ4n) is 2.26. The van der Waals surface area contributed by atoms with E-state index in [1.807, 2.05) is 6.92 Å². The minimum Gasteiger partial charge on any atom is -0.392 e. The normalized spacial score (nSPS) is 32.1. The molecule has 0 aromatic rings. The van der Waals surface area contributed by atoms with E-state index in [9.17, 15) is 9.90 Å². The quantitative estimate of drug-likeness (QED) is 0.656. The van der Waals surface area contributed by atoms with Crippen LogP contribution < -0.4 is 10.6 Å². The van der Waals surface area contributed by atoms with Crippen LogP contribution in [0.1, 0.15) is 45.4 Å². The van der Waals surface area contributed by atoms with Gasteiger partial charge in [0.05, 0.1) is 12.1 Å². The first-order valence-corrected chi connectivity index (χ1v) is 6.41. The highest BCUT2D eigenvalue weighted by molar-refractivity contribution is 5.81. The fraction of sp³-hybridized carbons (Fsp3) is 0.917. The number of nitrogens with one attached hydrogen (secondary N) is 2. The first kappa shape index (κ1) is 11.9. The van der Waals surface area contributed by atoms with E-state index < -0.39 is 0 Å². The topological polar surface area (TPSA) is 61.4 Å². The molecule has 0 heterocycles. The lowest BCUT2D eigenvalue weighted by molar-refractivity contribution is -0.123. The van der Waals surface area contributed by atoms with Crippen LogP contribution in [0.3, 0.4) is 0 Å². The van der Waals surface area contributed by atoms with Gasteiger partial charge in [-0.3, -0.25) is 4.79 Å². The average molecular weight is 226 g/mol. The van der Waals surface area contributed by atoms with Crippen molar-refractivity contribution in [1.29, 1.82) is 0 Å². The van der Waals surface area contributed by atoms with Crippen molar-refractivity contribution in [2.75, 3.05) is 0 Å². The van der Waals surface area contributed by atoms with Crippen LogP contribution in [0.25, 0.3) is 0 Å². The molecule has 16 heavy (non-hydrogen) atoms. The number of hydrogen-bond acceptors (Lipinski definition) is 3. The van der Waals surface area contributed by atoms with Crippen LogP contribution in [0.4, 0.5) is 0 Å². The molecule has 0 radical (unpaired) electrons. The molecule has 2 aliphatic carbocycles. The molecule has 0 bridgehead atoms. The van der Waals surface area contributed by atoms with Crippen molar-refractivity contribution in [3.05, 3.63) is 0 Å². The summed E-state index contributed by atoms with van der Waals surface area (Å²) in [5, 5.41) is 16.0. The van der Waals surface area contributed by atoms with Crippen molar-refractivity contribution < 1.29 is 9.90 Å². The number of hydrogen-bond donors (Lipinski definition) is 3. The van der Waals surface area contributed by atoms with Crippen molar-refractivity contribution in [2.24, 2.45) is 0 Å². The van der Waals surface area contributed by atoms with E-state index in [0.717, 1.165) is 38.5 Å². The molecule has 2 rings (SSSR count). The summed E-state index contributed by atoms with van der Waals surface area (Å²) in [6, 6.07) is 0.306. The van der Waals surface area contributed by atoms with Crippen LogP contribution >= 0.6 is 0 Å². The van der Waals surface area contributed by atoms with Gasteiger partial charge < -0.3 is 15.7 Å². The maximum Gasteiger partial charge on any atom is 0.237 e. The Bertz CT molecular complexity index is 253. The Morgan fingerprint density at radius 2 is 1.94 bits per heavy atom. The molecule has 0 aromatic heterocycles. The van der Waals surface area contributed by atoms with Crippen LogP contribution in [0, 0.1) is 0 Å². The third kappa shape index (κ3) is 3.19. The Morgan fingerprint density at radius 1 is 1.25 bits per heavy atom. The third-order valence-corrected chi connectivity index (χ3v) is 3.51. The Morgan fingerprint density at radius 3 is 2.56 bits per heavy atom. The van der Waals surface area contributed by atoms with Gasteiger partial charge in [0.15, 0.2) is 0 Å². The van der Waals surface area contributed by atoms with Crippen LogP contribution in [-0.2, 0) is 4.79 Å². The molecule has 0 spiro atoms. The minimum absolute atomic E-state index is 0.0697. The number of rotatable bonds is 4. The Labute approximate surface area is 96.8 Å². The van der Waals surface area contributed by atoms with E-state index in [-0.39, 0.29) is 24.1 Å². The van der Waals surface area contributed by atoms with Gasteiger partial charge in [-0.05, 0) is 32.6 Å². The second-order valence-corrected chi connectivity index (χ2v) is 5.13. The van der Waals surface area contributed by atoms with Gasteiger partial charge in [0.25, 0.3) is 0 Å². The first-order valence-electron chi connectivity index (χ1n) is 6.41. The van der Waals surface area contributed by atoms with Crippen molar-refractivity contribution in [2.45, 2.75) is 69.7 Å². The number of aliphatic hydroxyl groups excluding tert-OH is 1. The molecule has 4 nitrogen and oxygen atoms in total. The predicted molar refractivity (Wildman–Crippen MR) is 62.0 cm³/mol. The van der Waals surface area contributed by atoms with Gasteiger partial charge in [0.2, 0.25) is 5.91 Å². The van der Waals surface area contributed by atoms with Gasteiger partial charge in [-0.15, -0.1) is 0 Å². The highest BCUT2D eigenvalue weighted by Gasteiger charge is 2.29. The first-order chi connectivity index (χ1) is 7.66. The number of carbonyl (C=O) groups excluding carboxylic acids is 1. The Balaban J connectivity index is 1.75.